The van der Waals surface area contributed by atoms with Crippen molar-refractivity contribution in [2.24, 2.45) is 0 Å². The van der Waals surface area contributed by atoms with Gasteiger partial charge in [-0.1, -0.05) is 54.6 Å². The minimum atomic E-state index is -0.327. The van der Waals surface area contributed by atoms with Crippen LogP contribution in [0.25, 0.3) is 11.1 Å². The van der Waals surface area contributed by atoms with Gasteiger partial charge in [0.25, 0.3) is 0 Å². The zero-order valence-electron chi connectivity index (χ0n) is 13.9. The minimum absolute atomic E-state index is 0.0643. The minimum Gasteiger partial charge on any atom is -0.350 e. The van der Waals surface area contributed by atoms with Crippen molar-refractivity contribution >= 4 is 11.8 Å². The Bertz CT molecular complexity index is 727. The molecule has 0 aliphatic carbocycles. The van der Waals surface area contributed by atoms with Crippen molar-refractivity contribution in [3.63, 3.8) is 0 Å². The zero-order valence-corrected chi connectivity index (χ0v) is 13.9. The van der Waals surface area contributed by atoms with Crippen molar-refractivity contribution in [1.82, 2.24) is 10.2 Å². The highest BCUT2D eigenvalue weighted by atomic mass is 16.2. The number of likely N-dealkylation sites (tertiary alicyclic amines) is 1. The lowest BCUT2D eigenvalue weighted by molar-refractivity contribution is -0.135. The molecule has 0 aromatic heterocycles. The summed E-state index contributed by atoms with van der Waals surface area (Å²) < 4.78 is 0. The van der Waals surface area contributed by atoms with Crippen LogP contribution in [0.3, 0.4) is 0 Å². The molecule has 4 nitrogen and oxygen atoms in total. The number of hydrogen-bond donors (Lipinski definition) is 1. The fourth-order valence-corrected chi connectivity index (χ4v) is 3.28. The first-order chi connectivity index (χ1) is 11.7. The number of rotatable bonds is 5. The van der Waals surface area contributed by atoms with Gasteiger partial charge in [-0.15, -0.1) is 0 Å². The van der Waals surface area contributed by atoms with Crippen LogP contribution in [0.15, 0.2) is 54.6 Å². The Balaban J connectivity index is 1.72. The van der Waals surface area contributed by atoms with E-state index in [2.05, 4.69) is 23.5 Å². The molecule has 2 aromatic rings. The Kier molecular flexibility index (Phi) is 4.94. The second kappa shape index (κ2) is 7.30. The summed E-state index contributed by atoms with van der Waals surface area (Å²) in [5, 5.41) is 3.00. The highest BCUT2D eigenvalue weighted by Gasteiger charge is 2.34. The molecule has 3 rings (SSSR count). The van der Waals surface area contributed by atoms with Gasteiger partial charge in [0.05, 0.1) is 0 Å². The molecule has 0 saturated carbocycles. The van der Waals surface area contributed by atoms with Gasteiger partial charge in [0.15, 0.2) is 0 Å². The van der Waals surface area contributed by atoms with Crippen molar-refractivity contribution in [2.75, 3.05) is 6.54 Å². The Morgan fingerprint density at radius 3 is 2.58 bits per heavy atom. The van der Waals surface area contributed by atoms with Crippen LogP contribution in [0, 0.1) is 0 Å². The van der Waals surface area contributed by atoms with Crippen LogP contribution >= 0.6 is 0 Å². The fraction of sp³-hybridized carbons (Fsp3) is 0.300. The molecule has 24 heavy (non-hydrogen) atoms. The average Bonchev–Trinajstić information content (AvgIpc) is 3.01. The van der Waals surface area contributed by atoms with Gasteiger partial charge in [-0.05, 0) is 30.0 Å². The molecule has 1 atom stereocenters. The predicted molar refractivity (Wildman–Crippen MR) is 94.1 cm³/mol. The van der Waals surface area contributed by atoms with Crippen molar-refractivity contribution < 1.29 is 9.59 Å². The van der Waals surface area contributed by atoms with Gasteiger partial charge >= 0.3 is 0 Å². The lowest BCUT2D eigenvalue weighted by atomic mass is 9.99. The highest BCUT2D eigenvalue weighted by molar-refractivity contribution is 5.91. The van der Waals surface area contributed by atoms with Crippen molar-refractivity contribution in [3.8, 4) is 11.1 Å². The summed E-state index contributed by atoms with van der Waals surface area (Å²) in [5.41, 5.74) is 3.33. The number of likely N-dealkylation sites (N-methyl/N-ethyl adjacent to an activating group) is 1. The third-order valence-corrected chi connectivity index (χ3v) is 4.53. The maximum absolute atomic E-state index is 12.5. The average molecular weight is 322 g/mol. The van der Waals surface area contributed by atoms with E-state index in [9.17, 15) is 9.59 Å². The molecule has 2 aromatic carbocycles. The second-order valence-electron chi connectivity index (χ2n) is 5.98. The monoisotopic (exact) mass is 322 g/mol. The first-order valence-corrected chi connectivity index (χ1v) is 8.41. The number of carbonyl (C=O) groups is 2. The summed E-state index contributed by atoms with van der Waals surface area (Å²) >= 11 is 0. The first kappa shape index (κ1) is 16.2. The van der Waals surface area contributed by atoms with Crippen LogP contribution in [0.5, 0.6) is 0 Å². The van der Waals surface area contributed by atoms with Gasteiger partial charge in [-0.2, -0.15) is 0 Å². The smallest absolute Gasteiger partial charge is 0.243 e. The van der Waals surface area contributed by atoms with Gasteiger partial charge in [0, 0.05) is 19.5 Å². The second-order valence-corrected chi connectivity index (χ2v) is 5.98. The maximum Gasteiger partial charge on any atom is 0.243 e. The van der Waals surface area contributed by atoms with Crippen LogP contribution in [-0.4, -0.2) is 29.3 Å². The molecule has 124 valence electrons. The van der Waals surface area contributed by atoms with Gasteiger partial charge < -0.3 is 10.2 Å². The molecule has 1 N–H and O–H groups in total. The Morgan fingerprint density at radius 2 is 1.83 bits per heavy atom. The molecule has 4 heteroatoms. The topological polar surface area (TPSA) is 49.4 Å². The van der Waals surface area contributed by atoms with Crippen LogP contribution in [0.2, 0.25) is 0 Å². The number of nitrogens with one attached hydrogen (secondary N) is 1. The summed E-state index contributed by atoms with van der Waals surface area (Å²) in [6.45, 7) is 2.96. The summed E-state index contributed by atoms with van der Waals surface area (Å²) in [5.74, 6) is 0.00732. The predicted octanol–water partition coefficient (Wildman–Crippen LogP) is 2.98. The zero-order chi connectivity index (χ0) is 16.9. The van der Waals surface area contributed by atoms with E-state index in [1.54, 1.807) is 4.90 Å². The normalized spacial score (nSPS) is 17.1. The Labute approximate surface area is 142 Å². The number of hydrogen-bond acceptors (Lipinski definition) is 2. The van der Waals surface area contributed by atoms with Gasteiger partial charge in [0.2, 0.25) is 11.8 Å². The summed E-state index contributed by atoms with van der Waals surface area (Å²) in [6.07, 6.45) is 1.07. The summed E-state index contributed by atoms with van der Waals surface area (Å²) in [7, 11) is 0. The number of carbonyl (C=O) groups excluding carboxylic acids is 2. The van der Waals surface area contributed by atoms with Gasteiger partial charge in [-0.3, -0.25) is 9.59 Å². The standard InChI is InChI=1S/C20H22N2O2/c1-2-22-18(12-13-19(22)23)20(24)21-14-16-10-6-7-11-17(16)15-8-4-3-5-9-15/h3-11,18H,2,12-14H2,1H3,(H,21,24). The molecular formula is C20H22N2O2. The lowest BCUT2D eigenvalue weighted by Gasteiger charge is -2.22. The molecule has 0 bridgehead atoms. The van der Waals surface area contributed by atoms with E-state index in [0.29, 0.717) is 25.9 Å². The van der Waals surface area contributed by atoms with Gasteiger partial charge in [-0.25, -0.2) is 0 Å². The van der Waals surface area contributed by atoms with Crippen LogP contribution in [-0.2, 0) is 16.1 Å². The van der Waals surface area contributed by atoms with E-state index >= 15 is 0 Å². The van der Waals surface area contributed by atoms with Gasteiger partial charge in [0.1, 0.15) is 6.04 Å². The highest BCUT2D eigenvalue weighted by Crippen LogP contribution is 2.24. The maximum atomic E-state index is 12.5. The van der Waals surface area contributed by atoms with Crippen LogP contribution in [0.4, 0.5) is 0 Å². The lowest BCUT2D eigenvalue weighted by Crippen LogP contribution is -2.44. The summed E-state index contributed by atoms with van der Waals surface area (Å²) in [6, 6.07) is 17.9. The molecule has 1 fully saturated rings. The molecule has 2 amide bonds. The molecule has 1 saturated heterocycles. The van der Waals surface area contributed by atoms with E-state index in [1.807, 2.05) is 43.3 Å². The fourth-order valence-electron chi connectivity index (χ4n) is 3.28. The molecule has 0 spiro atoms. The Hall–Kier alpha value is -2.62. The van der Waals surface area contributed by atoms with Crippen molar-refractivity contribution in [1.29, 1.82) is 0 Å². The number of nitrogens with zero attached hydrogens (tertiary/aromatic N) is 1. The molecule has 0 radical (unpaired) electrons. The molecular weight excluding hydrogens is 300 g/mol. The van der Waals surface area contributed by atoms with Crippen molar-refractivity contribution in [3.05, 3.63) is 60.2 Å². The summed E-state index contributed by atoms with van der Waals surface area (Å²) in [4.78, 5) is 25.9. The molecule has 1 aliphatic rings. The third kappa shape index (κ3) is 3.32. The van der Waals surface area contributed by atoms with Crippen LogP contribution in [0.1, 0.15) is 25.3 Å². The molecule has 1 aliphatic heterocycles. The number of amides is 2. The molecule has 1 unspecified atom stereocenters. The number of benzene rings is 2. The van der Waals surface area contributed by atoms with E-state index < -0.39 is 0 Å². The van der Waals surface area contributed by atoms with E-state index in [0.717, 1.165) is 16.7 Å². The molecule has 1 heterocycles. The Morgan fingerprint density at radius 1 is 1.12 bits per heavy atom. The largest absolute Gasteiger partial charge is 0.350 e. The van der Waals surface area contributed by atoms with E-state index in [1.165, 1.54) is 0 Å². The SMILES string of the molecule is CCN1C(=O)CCC1C(=O)NCc1ccccc1-c1ccccc1. The quantitative estimate of drug-likeness (QED) is 0.920. The first-order valence-electron chi connectivity index (χ1n) is 8.41. The van der Waals surface area contributed by atoms with E-state index in [4.69, 9.17) is 0 Å². The van der Waals surface area contributed by atoms with Crippen molar-refractivity contribution in [2.45, 2.75) is 32.4 Å². The third-order valence-electron chi connectivity index (χ3n) is 4.53. The van der Waals surface area contributed by atoms with Crippen LogP contribution < -0.4 is 5.32 Å². The van der Waals surface area contributed by atoms with E-state index in [-0.39, 0.29) is 17.9 Å².